The molecule has 1 unspecified atom stereocenters. The molecule has 0 bridgehead atoms. The van der Waals surface area contributed by atoms with E-state index in [0.29, 0.717) is 12.5 Å². The zero-order valence-corrected chi connectivity index (χ0v) is 17.7. The smallest absolute Gasteiger partial charge is 0.325 e. The lowest BCUT2D eigenvalue weighted by molar-refractivity contribution is -0.137. The summed E-state index contributed by atoms with van der Waals surface area (Å²) >= 11 is 5.56. The van der Waals surface area contributed by atoms with E-state index in [-0.39, 0.29) is 28.2 Å². The van der Waals surface area contributed by atoms with Crippen LogP contribution in [0.15, 0.2) is 35.5 Å². The number of hydrogen-bond acceptors (Lipinski definition) is 6. The first-order valence-corrected chi connectivity index (χ1v) is 11.4. The average molecular weight is 490 g/mol. The number of anilines is 1. The number of fused-ring (bicyclic) bond motifs is 1. The molecular weight excluding hydrogens is 475 g/mol. The summed E-state index contributed by atoms with van der Waals surface area (Å²) in [6.07, 6.45) is -1.98. The van der Waals surface area contributed by atoms with Gasteiger partial charge in [0, 0.05) is 5.69 Å². The van der Waals surface area contributed by atoms with E-state index in [1.807, 2.05) is 0 Å². The van der Waals surface area contributed by atoms with Crippen molar-refractivity contribution in [2.45, 2.75) is 25.2 Å². The highest BCUT2D eigenvalue weighted by Gasteiger charge is 2.33. The average Bonchev–Trinajstić information content (AvgIpc) is 3.28. The minimum atomic E-state index is -4.69. The Hall–Kier alpha value is -2.93. The zero-order valence-electron chi connectivity index (χ0n) is 16.1. The summed E-state index contributed by atoms with van der Waals surface area (Å²) in [6.45, 7) is -0.505. The number of halogens is 4. The minimum absolute atomic E-state index is 0.0248. The summed E-state index contributed by atoms with van der Waals surface area (Å²) in [7, 11) is -3.17. The lowest BCUT2D eigenvalue weighted by Crippen LogP contribution is -2.28. The number of nitrogens with one attached hydrogen (secondary N) is 1. The Morgan fingerprint density at radius 2 is 2.06 bits per heavy atom. The molecule has 9 nitrogen and oxygen atoms in total. The minimum Gasteiger partial charge on any atom is -0.325 e. The van der Waals surface area contributed by atoms with Crippen molar-refractivity contribution in [1.82, 2.24) is 19.3 Å². The van der Waals surface area contributed by atoms with Gasteiger partial charge in [0.15, 0.2) is 15.5 Å². The van der Waals surface area contributed by atoms with E-state index in [4.69, 9.17) is 11.6 Å². The molecule has 0 saturated carbocycles. The molecule has 1 atom stereocenters. The van der Waals surface area contributed by atoms with Crippen molar-refractivity contribution < 1.29 is 26.4 Å². The molecule has 1 aromatic carbocycles. The second-order valence-electron chi connectivity index (χ2n) is 7.30. The summed E-state index contributed by atoms with van der Waals surface area (Å²) < 4.78 is 64.7. The second-order valence-corrected chi connectivity index (χ2v) is 9.94. The molecule has 1 aliphatic heterocycles. The van der Waals surface area contributed by atoms with Crippen LogP contribution in [0.4, 0.5) is 18.9 Å². The molecule has 1 amide bonds. The number of alkyl halides is 3. The Morgan fingerprint density at radius 3 is 2.72 bits per heavy atom. The van der Waals surface area contributed by atoms with Crippen molar-refractivity contribution >= 4 is 44.1 Å². The van der Waals surface area contributed by atoms with Crippen LogP contribution in [0.25, 0.3) is 11.0 Å². The van der Waals surface area contributed by atoms with Crippen molar-refractivity contribution in [1.29, 1.82) is 0 Å². The van der Waals surface area contributed by atoms with E-state index >= 15 is 0 Å². The fourth-order valence-electron chi connectivity index (χ4n) is 3.49. The third-order valence-corrected chi connectivity index (χ3v) is 7.08. The van der Waals surface area contributed by atoms with Gasteiger partial charge >= 0.3 is 6.18 Å². The van der Waals surface area contributed by atoms with Gasteiger partial charge in [0.1, 0.15) is 18.3 Å². The van der Waals surface area contributed by atoms with Gasteiger partial charge in [0.25, 0.3) is 5.56 Å². The number of benzene rings is 1. The Kier molecular flexibility index (Phi) is 5.49. The molecule has 0 radical (unpaired) electrons. The number of carbonyl (C=O) groups is 1. The first kappa shape index (κ1) is 22.3. The summed E-state index contributed by atoms with van der Waals surface area (Å²) in [5, 5.41) is 5.97. The predicted octanol–water partition coefficient (Wildman–Crippen LogP) is 2.26. The predicted molar refractivity (Wildman–Crippen MR) is 109 cm³/mol. The zero-order chi connectivity index (χ0) is 23.3. The normalized spacial score (nSPS) is 18.2. The third kappa shape index (κ3) is 4.35. The van der Waals surface area contributed by atoms with Gasteiger partial charge in [-0.05, 0) is 24.6 Å². The van der Waals surface area contributed by atoms with Crippen LogP contribution in [0, 0.1) is 0 Å². The fourth-order valence-corrected chi connectivity index (χ4v) is 5.41. The first-order valence-electron chi connectivity index (χ1n) is 9.24. The molecule has 2 aromatic heterocycles. The lowest BCUT2D eigenvalue weighted by atomic mass is 10.2. The van der Waals surface area contributed by atoms with Gasteiger partial charge < -0.3 is 5.32 Å². The Bertz CT molecular complexity index is 1380. The summed E-state index contributed by atoms with van der Waals surface area (Å²) in [5.74, 6) is -0.826. The van der Waals surface area contributed by atoms with Gasteiger partial charge in [-0.1, -0.05) is 11.6 Å². The van der Waals surface area contributed by atoms with E-state index in [1.165, 1.54) is 16.9 Å². The highest BCUT2D eigenvalue weighted by Crippen LogP contribution is 2.36. The fraction of sp³-hybridized carbons (Fsp3) is 0.333. The maximum Gasteiger partial charge on any atom is 0.417 e. The quantitative estimate of drug-likeness (QED) is 0.601. The van der Waals surface area contributed by atoms with Gasteiger partial charge in [-0.3, -0.25) is 14.2 Å². The topological polar surface area (TPSA) is 116 Å². The van der Waals surface area contributed by atoms with Gasteiger partial charge in [0.2, 0.25) is 5.91 Å². The van der Waals surface area contributed by atoms with Gasteiger partial charge in [-0.2, -0.15) is 18.3 Å². The molecule has 0 spiro atoms. The molecule has 3 heterocycles. The molecule has 1 aliphatic rings. The number of carbonyl (C=O) groups excluding carboxylic acids is 1. The number of amides is 1. The van der Waals surface area contributed by atoms with E-state index in [9.17, 15) is 31.2 Å². The van der Waals surface area contributed by atoms with Gasteiger partial charge in [-0.25, -0.2) is 18.1 Å². The van der Waals surface area contributed by atoms with Crippen LogP contribution in [0.5, 0.6) is 0 Å². The largest absolute Gasteiger partial charge is 0.417 e. The first-order chi connectivity index (χ1) is 14.9. The monoisotopic (exact) mass is 489 g/mol. The van der Waals surface area contributed by atoms with E-state index < -0.39 is 50.7 Å². The van der Waals surface area contributed by atoms with Crippen molar-refractivity contribution in [3.8, 4) is 0 Å². The van der Waals surface area contributed by atoms with Crippen LogP contribution in [-0.4, -0.2) is 45.2 Å². The van der Waals surface area contributed by atoms with E-state index in [1.54, 1.807) is 0 Å². The Balaban J connectivity index is 1.54. The third-order valence-electron chi connectivity index (χ3n) is 5.00. The summed E-state index contributed by atoms with van der Waals surface area (Å²) in [4.78, 5) is 29.1. The molecule has 1 saturated heterocycles. The Labute approximate surface area is 183 Å². The van der Waals surface area contributed by atoms with Crippen LogP contribution in [0.3, 0.4) is 0 Å². The number of aromatic nitrogens is 4. The number of nitrogens with zero attached hydrogens (tertiary/aromatic N) is 4. The molecule has 32 heavy (non-hydrogen) atoms. The van der Waals surface area contributed by atoms with Crippen molar-refractivity contribution in [2.24, 2.45) is 0 Å². The van der Waals surface area contributed by atoms with E-state index in [0.717, 1.165) is 17.0 Å². The van der Waals surface area contributed by atoms with Crippen molar-refractivity contribution in [3.63, 3.8) is 0 Å². The van der Waals surface area contributed by atoms with Crippen LogP contribution in [0.2, 0.25) is 5.02 Å². The number of rotatable bonds is 4. The SMILES string of the molecule is O=C(Cn1cnc2c(cnn2C2CCS(=O)(=O)C2)c1=O)Nc1ccc(Cl)c(C(F)(F)F)c1. The number of hydrogen-bond donors (Lipinski definition) is 1. The second kappa shape index (κ2) is 7.89. The standard InChI is InChI=1S/C18H15ClF3N5O4S/c19-14-2-1-10(5-13(14)18(20,21)22)25-15(28)7-26-9-23-16-12(17(26)29)6-24-27(16)11-3-4-32(30,31)8-11/h1-2,5-6,9,11H,3-4,7-8H2,(H,25,28). The highest BCUT2D eigenvalue weighted by molar-refractivity contribution is 7.91. The molecule has 3 aromatic rings. The molecular formula is C18H15ClF3N5O4S. The Morgan fingerprint density at radius 1 is 1.31 bits per heavy atom. The van der Waals surface area contributed by atoms with Crippen LogP contribution >= 0.6 is 11.6 Å². The van der Waals surface area contributed by atoms with Crippen molar-refractivity contribution in [2.75, 3.05) is 16.8 Å². The summed E-state index contributed by atoms with van der Waals surface area (Å²) in [6, 6.07) is 2.48. The number of sulfone groups is 1. The van der Waals surface area contributed by atoms with Crippen molar-refractivity contribution in [3.05, 3.63) is 51.7 Å². The summed E-state index contributed by atoms with van der Waals surface area (Å²) in [5.41, 5.74) is -1.63. The van der Waals surface area contributed by atoms with Gasteiger partial charge in [-0.15, -0.1) is 0 Å². The van der Waals surface area contributed by atoms with Crippen LogP contribution < -0.4 is 10.9 Å². The molecule has 0 aliphatic carbocycles. The maximum atomic E-state index is 13.0. The van der Waals surface area contributed by atoms with Crippen LogP contribution in [-0.2, 0) is 27.4 Å². The van der Waals surface area contributed by atoms with Gasteiger partial charge in [0.05, 0.1) is 34.3 Å². The molecule has 4 rings (SSSR count). The lowest BCUT2D eigenvalue weighted by Gasteiger charge is -2.12. The van der Waals surface area contributed by atoms with Crippen LogP contribution in [0.1, 0.15) is 18.0 Å². The maximum absolute atomic E-state index is 13.0. The molecule has 1 fully saturated rings. The highest BCUT2D eigenvalue weighted by atomic mass is 35.5. The molecule has 14 heteroatoms. The molecule has 170 valence electrons. The molecule has 1 N–H and O–H groups in total. The van der Waals surface area contributed by atoms with E-state index in [2.05, 4.69) is 15.4 Å².